The van der Waals surface area contributed by atoms with Gasteiger partial charge in [0.25, 0.3) is 0 Å². The van der Waals surface area contributed by atoms with Gasteiger partial charge in [-0.05, 0) is 113 Å². The van der Waals surface area contributed by atoms with Crippen molar-refractivity contribution in [3.05, 3.63) is 247 Å². The highest BCUT2D eigenvalue weighted by Crippen LogP contribution is 2.45. The number of halogens is 3. The van der Waals surface area contributed by atoms with E-state index in [1.54, 1.807) is 18.2 Å². The first kappa shape index (κ1) is 45.4. The molecule has 76 heavy (non-hydrogen) atoms. The fourth-order valence-electron chi connectivity index (χ4n) is 10.6. The third-order valence-electron chi connectivity index (χ3n) is 14.1. The highest BCUT2D eigenvalue weighted by atomic mass is 19.4. The highest BCUT2D eigenvalue weighted by molar-refractivity contribution is 6.12. The molecule has 0 aliphatic heterocycles. The largest absolute Gasteiger partial charge is 0.416 e. The van der Waals surface area contributed by atoms with Gasteiger partial charge in [-0.3, -0.25) is 0 Å². The molecule has 10 heteroatoms. The van der Waals surface area contributed by atoms with E-state index in [4.69, 9.17) is 15.0 Å². The molecule has 0 fully saturated rings. The number of hydrogen-bond acceptors (Lipinski definition) is 5. The number of alkyl halides is 3. The standard InChI is InChI=1S/C66H38F3N7/c67-66(68,69)47-29-34-62(76-59-26-14-12-24-52(59)56-36-44(28-33-61(56)76)50-22-10-8-20-46(50)40-71)57(37-47)54-38-48(30-31-53(54)65-73-63(41-15-3-1-4-16-41)72-64(74-65)42-17-5-2-6-18-42)75-58-25-13-11-23-51(58)55-35-43(27-32-60(55)75)49-21-9-7-19-45(49)39-70/h1-38H. The molecule has 3 aromatic heterocycles. The Balaban J connectivity index is 1.12. The molecular formula is C66H38F3N7. The zero-order valence-corrected chi connectivity index (χ0v) is 40.2. The molecule has 0 aliphatic rings. The predicted octanol–water partition coefficient (Wildman–Crippen LogP) is 16.8. The molecule has 0 aliphatic carbocycles. The van der Waals surface area contributed by atoms with Crippen LogP contribution in [0.4, 0.5) is 13.2 Å². The van der Waals surface area contributed by atoms with Crippen molar-refractivity contribution in [2.24, 2.45) is 0 Å². The number of nitrogens with zero attached hydrogens (tertiary/aromatic N) is 7. The molecule has 3 heterocycles. The lowest BCUT2D eigenvalue weighted by Gasteiger charge is -2.20. The third-order valence-corrected chi connectivity index (χ3v) is 14.1. The number of rotatable bonds is 8. The lowest BCUT2D eigenvalue weighted by Crippen LogP contribution is -2.08. The van der Waals surface area contributed by atoms with Crippen molar-refractivity contribution in [3.63, 3.8) is 0 Å². The third kappa shape index (κ3) is 7.72. The molecule has 0 unspecified atom stereocenters. The number of para-hydroxylation sites is 2. The normalized spacial score (nSPS) is 11.6. The van der Waals surface area contributed by atoms with E-state index < -0.39 is 11.7 Å². The van der Waals surface area contributed by atoms with Crippen LogP contribution in [0.25, 0.3) is 123 Å². The summed E-state index contributed by atoms with van der Waals surface area (Å²) in [4.78, 5) is 15.3. The van der Waals surface area contributed by atoms with Gasteiger partial charge < -0.3 is 9.13 Å². The fraction of sp³-hybridized carbons (Fsp3) is 0.0152. The average molecular weight is 986 g/mol. The maximum absolute atomic E-state index is 15.4. The van der Waals surface area contributed by atoms with Crippen LogP contribution in [0.3, 0.4) is 0 Å². The van der Waals surface area contributed by atoms with Crippen LogP contribution in [0, 0.1) is 22.7 Å². The van der Waals surface area contributed by atoms with Crippen LogP contribution in [0.15, 0.2) is 231 Å². The Hall–Kier alpha value is -10.4. The monoisotopic (exact) mass is 985 g/mol. The summed E-state index contributed by atoms with van der Waals surface area (Å²) in [7, 11) is 0. The van der Waals surface area contributed by atoms with Gasteiger partial charge in [-0.25, -0.2) is 15.0 Å². The predicted molar refractivity (Wildman–Crippen MR) is 296 cm³/mol. The van der Waals surface area contributed by atoms with Gasteiger partial charge >= 0.3 is 6.18 Å². The Morgan fingerprint density at radius 2 is 0.816 bits per heavy atom. The quantitative estimate of drug-likeness (QED) is 0.151. The van der Waals surface area contributed by atoms with Gasteiger partial charge in [0.15, 0.2) is 17.5 Å². The highest BCUT2D eigenvalue weighted by Gasteiger charge is 2.33. The fourth-order valence-corrected chi connectivity index (χ4v) is 10.6. The van der Waals surface area contributed by atoms with Crippen LogP contribution in [0.5, 0.6) is 0 Å². The van der Waals surface area contributed by atoms with E-state index in [-0.39, 0.29) is 11.4 Å². The molecule has 0 radical (unpaired) electrons. The maximum atomic E-state index is 15.4. The van der Waals surface area contributed by atoms with Crippen molar-refractivity contribution in [3.8, 4) is 91.1 Å². The van der Waals surface area contributed by atoms with Crippen LogP contribution in [0.2, 0.25) is 0 Å². The smallest absolute Gasteiger partial charge is 0.309 e. The minimum absolute atomic E-state index is 0.267. The van der Waals surface area contributed by atoms with E-state index in [9.17, 15) is 10.5 Å². The summed E-state index contributed by atoms with van der Waals surface area (Å²) in [5.41, 5.74) is 10.7. The van der Waals surface area contributed by atoms with Crippen molar-refractivity contribution in [1.29, 1.82) is 10.5 Å². The van der Waals surface area contributed by atoms with Gasteiger partial charge in [-0.15, -0.1) is 0 Å². The van der Waals surface area contributed by atoms with E-state index in [1.165, 1.54) is 6.07 Å². The molecular weight excluding hydrogens is 948 g/mol. The Kier molecular flexibility index (Phi) is 10.9. The number of aromatic nitrogens is 5. The summed E-state index contributed by atoms with van der Waals surface area (Å²) >= 11 is 0. The lowest BCUT2D eigenvalue weighted by atomic mass is 9.94. The summed E-state index contributed by atoms with van der Waals surface area (Å²) in [6.45, 7) is 0. The van der Waals surface area contributed by atoms with Gasteiger partial charge in [0.05, 0.1) is 56.6 Å². The summed E-state index contributed by atoms with van der Waals surface area (Å²) in [6, 6.07) is 76.5. The molecule has 0 spiro atoms. The molecule has 10 aromatic carbocycles. The van der Waals surface area contributed by atoms with E-state index in [1.807, 2.05) is 193 Å². The second kappa shape index (κ2) is 18.3. The average Bonchev–Trinajstić information content (AvgIpc) is 4.12. The van der Waals surface area contributed by atoms with Crippen molar-refractivity contribution in [2.45, 2.75) is 6.18 Å². The Morgan fingerprint density at radius 1 is 0.342 bits per heavy atom. The zero-order chi connectivity index (χ0) is 51.5. The van der Waals surface area contributed by atoms with Crippen molar-refractivity contribution < 1.29 is 13.2 Å². The second-order valence-corrected chi connectivity index (χ2v) is 18.5. The SMILES string of the molecule is N#Cc1ccccc1-c1ccc2c(c1)c1ccccc1n2-c1ccc(-c2nc(-c3ccccc3)nc(-c3ccccc3)n2)c(-c2cc(C(F)(F)F)ccc2-n2c3ccccc3c3cc(-c4ccccc4C#N)ccc32)c1. The summed E-state index contributed by atoms with van der Waals surface area (Å²) in [5, 5.41) is 23.8. The van der Waals surface area contributed by atoms with E-state index in [0.29, 0.717) is 45.3 Å². The van der Waals surface area contributed by atoms with Crippen LogP contribution in [-0.2, 0) is 6.18 Å². The minimum atomic E-state index is -4.71. The van der Waals surface area contributed by atoms with Crippen LogP contribution < -0.4 is 0 Å². The van der Waals surface area contributed by atoms with E-state index in [0.717, 1.165) is 83.1 Å². The molecule has 0 saturated heterocycles. The second-order valence-electron chi connectivity index (χ2n) is 18.5. The first-order valence-corrected chi connectivity index (χ1v) is 24.5. The molecule has 0 bridgehead atoms. The molecule has 13 aromatic rings. The molecule has 0 N–H and O–H groups in total. The maximum Gasteiger partial charge on any atom is 0.416 e. The minimum Gasteiger partial charge on any atom is -0.309 e. The summed E-state index contributed by atoms with van der Waals surface area (Å²) in [5.74, 6) is 1.07. The molecule has 7 nitrogen and oxygen atoms in total. The number of fused-ring (bicyclic) bond motifs is 6. The Morgan fingerprint density at radius 3 is 1.37 bits per heavy atom. The number of nitriles is 2. The first-order chi connectivity index (χ1) is 37.2. The lowest BCUT2D eigenvalue weighted by molar-refractivity contribution is -0.137. The molecule has 0 saturated carbocycles. The molecule has 358 valence electrons. The van der Waals surface area contributed by atoms with Gasteiger partial charge in [-0.2, -0.15) is 23.7 Å². The Bertz CT molecular complexity index is 4480. The Labute approximate surface area is 433 Å². The van der Waals surface area contributed by atoms with Gasteiger partial charge in [-0.1, -0.05) is 146 Å². The summed E-state index contributed by atoms with van der Waals surface area (Å²) < 4.78 is 50.4. The van der Waals surface area contributed by atoms with Gasteiger partial charge in [0, 0.05) is 49.5 Å². The van der Waals surface area contributed by atoms with Crippen molar-refractivity contribution in [2.75, 3.05) is 0 Å². The molecule has 13 rings (SSSR count). The van der Waals surface area contributed by atoms with Crippen LogP contribution >= 0.6 is 0 Å². The molecule has 0 amide bonds. The molecule has 0 atom stereocenters. The topological polar surface area (TPSA) is 96.1 Å². The van der Waals surface area contributed by atoms with Gasteiger partial charge in [0.2, 0.25) is 0 Å². The number of benzene rings is 10. The summed E-state index contributed by atoms with van der Waals surface area (Å²) in [6.07, 6.45) is -4.71. The zero-order valence-electron chi connectivity index (χ0n) is 40.2. The van der Waals surface area contributed by atoms with Crippen molar-refractivity contribution >= 4 is 43.6 Å². The first-order valence-electron chi connectivity index (χ1n) is 24.5. The van der Waals surface area contributed by atoms with E-state index in [2.05, 4.69) is 28.8 Å². The number of hydrogen-bond donors (Lipinski definition) is 0. The van der Waals surface area contributed by atoms with Crippen molar-refractivity contribution in [1.82, 2.24) is 24.1 Å². The van der Waals surface area contributed by atoms with Crippen LogP contribution in [-0.4, -0.2) is 24.1 Å². The van der Waals surface area contributed by atoms with E-state index >= 15 is 13.2 Å². The van der Waals surface area contributed by atoms with Gasteiger partial charge in [0.1, 0.15) is 0 Å². The van der Waals surface area contributed by atoms with Crippen LogP contribution in [0.1, 0.15) is 16.7 Å².